The number of anilines is 1. The molecule has 0 atom stereocenters. The average molecular weight is 356 g/mol. The molecule has 0 aromatic heterocycles. The second-order valence-electron chi connectivity index (χ2n) is 5.55. The van der Waals surface area contributed by atoms with Crippen LogP contribution in [-0.2, 0) is 19.4 Å². The lowest BCUT2D eigenvalue weighted by Crippen LogP contribution is -2.32. The summed E-state index contributed by atoms with van der Waals surface area (Å²) in [5.74, 6) is -1.19. The van der Waals surface area contributed by atoms with Crippen LogP contribution >= 0.6 is 0 Å². The average Bonchev–Trinajstić information content (AvgIpc) is 2.46. The second kappa shape index (κ2) is 9.39. The Morgan fingerprint density at radius 3 is 2.29 bits per heavy atom. The summed E-state index contributed by atoms with van der Waals surface area (Å²) in [6.07, 6.45) is 1.17. The molecule has 0 saturated heterocycles. The van der Waals surface area contributed by atoms with E-state index in [0.29, 0.717) is 25.2 Å². The summed E-state index contributed by atoms with van der Waals surface area (Å²) >= 11 is 0. The summed E-state index contributed by atoms with van der Waals surface area (Å²) in [5, 5.41) is 11.4. The number of amides is 1. The molecule has 0 unspecified atom stereocenters. The topological polar surface area (TPSA) is 104 Å². The lowest BCUT2D eigenvalue weighted by Gasteiger charge is -2.19. The highest BCUT2D eigenvalue weighted by molar-refractivity contribution is 7.91. The van der Waals surface area contributed by atoms with Crippen LogP contribution < -0.4 is 5.32 Å². The van der Waals surface area contributed by atoms with Crippen LogP contribution in [0.1, 0.15) is 26.7 Å². The SMILES string of the molecule is CCCN(CCCS(=O)(=O)c1ccc(NC(C)=O)cc1)CC(=O)O. The first kappa shape index (κ1) is 20.1. The van der Waals surface area contributed by atoms with Gasteiger partial charge < -0.3 is 10.4 Å². The van der Waals surface area contributed by atoms with Crippen LogP contribution in [0.25, 0.3) is 0 Å². The van der Waals surface area contributed by atoms with Crippen LogP contribution in [-0.4, -0.2) is 55.7 Å². The molecule has 0 aliphatic rings. The number of hydrogen-bond donors (Lipinski definition) is 2. The van der Waals surface area contributed by atoms with Gasteiger partial charge in [-0.05, 0) is 50.2 Å². The molecule has 1 aromatic carbocycles. The summed E-state index contributed by atoms with van der Waals surface area (Å²) in [7, 11) is -3.43. The Labute approximate surface area is 142 Å². The standard InChI is InChI=1S/C16H24N2O5S/c1-3-9-18(12-16(20)21)10-4-11-24(22,23)15-7-5-14(6-8-15)17-13(2)19/h5-8H,3-4,9-12H2,1-2H3,(H,17,19)(H,20,21). The van der Waals surface area contributed by atoms with E-state index in [4.69, 9.17) is 5.11 Å². The van der Waals surface area contributed by atoms with E-state index in [1.807, 2.05) is 6.92 Å². The van der Waals surface area contributed by atoms with Crippen molar-refractivity contribution in [3.8, 4) is 0 Å². The smallest absolute Gasteiger partial charge is 0.317 e. The van der Waals surface area contributed by atoms with Crippen molar-refractivity contribution in [1.82, 2.24) is 4.90 Å². The molecule has 0 heterocycles. The van der Waals surface area contributed by atoms with Crippen molar-refractivity contribution in [2.75, 3.05) is 30.7 Å². The first-order chi connectivity index (χ1) is 11.2. The summed E-state index contributed by atoms with van der Waals surface area (Å²) in [5.41, 5.74) is 0.539. The molecule has 0 saturated carbocycles. The number of benzene rings is 1. The zero-order chi connectivity index (χ0) is 18.2. The number of nitrogens with zero attached hydrogens (tertiary/aromatic N) is 1. The zero-order valence-corrected chi connectivity index (χ0v) is 14.8. The molecule has 0 spiro atoms. The van der Waals surface area contributed by atoms with Crippen molar-refractivity contribution in [1.29, 1.82) is 0 Å². The van der Waals surface area contributed by atoms with Gasteiger partial charge in [0.2, 0.25) is 5.91 Å². The number of rotatable bonds is 10. The molecule has 1 rings (SSSR count). The van der Waals surface area contributed by atoms with Crippen LogP contribution in [0, 0.1) is 0 Å². The van der Waals surface area contributed by atoms with Crippen LogP contribution in [0.4, 0.5) is 5.69 Å². The van der Waals surface area contributed by atoms with E-state index in [-0.39, 0.29) is 23.1 Å². The maximum absolute atomic E-state index is 12.3. The number of carboxylic acid groups (broad SMARTS) is 1. The molecule has 1 amide bonds. The largest absolute Gasteiger partial charge is 0.480 e. The van der Waals surface area contributed by atoms with Gasteiger partial charge in [-0.25, -0.2) is 8.42 Å². The van der Waals surface area contributed by atoms with Crippen molar-refractivity contribution in [2.45, 2.75) is 31.6 Å². The van der Waals surface area contributed by atoms with Gasteiger partial charge in [0.25, 0.3) is 0 Å². The molecule has 0 fully saturated rings. The number of hydrogen-bond acceptors (Lipinski definition) is 5. The summed E-state index contributed by atoms with van der Waals surface area (Å²) in [4.78, 5) is 23.7. The molecule has 24 heavy (non-hydrogen) atoms. The summed E-state index contributed by atoms with van der Waals surface area (Å²) in [6, 6.07) is 6.01. The van der Waals surface area contributed by atoms with E-state index in [9.17, 15) is 18.0 Å². The van der Waals surface area contributed by atoms with Gasteiger partial charge in [0.1, 0.15) is 0 Å². The molecule has 0 aliphatic heterocycles. The number of sulfone groups is 1. The molecular weight excluding hydrogens is 332 g/mol. The predicted molar refractivity (Wildman–Crippen MR) is 91.8 cm³/mol. The van der Waals surface area contributed by atoms with Gasteiger partial charge in [0.15, 0.2) is 9.84 Å². The fraction of sp³-hybridized carbons (Fsp3) is 0.500. The molecule has 0 bridgehead atoms. The Hall–Kier alpha value is -1.93. The van der Waals surface area contributed by atoms with Gasteiger partial charge in [-0.2, -0.15) is 0 Å². The maximum atomic E-state index is 12.3. The fourth-order valence-corrected chi connectivity index (χ4v) is 3.62. The third-order valence-corrected chi connectivity index (χ3v) is 5.14. The first-order valence-corrected chi connectivity index (χ1v) is 9.44. The highest BCUT2D eigenvalue weighted by atomic mass is 32.2. The molecule has 2 N–H and O–H groups in total. The second-order valence-corrected chi connectivity index (χ2v) is 7.66. The van der Waals surface area contributed by atoms with E-state index in [0.717, 1.165) is 6.42 Å². The van der Waals surface area contributed by atoms with E-state index < -0.39 is 15.8 Å². The molecule has 0 aliphatic carbocycles. The number of nitrogens with one attached hydrogen (secondary N) is 1. The Balaban J connectivity index is 2.62. The van der Waals surface area contributed by atoms with Crippen LogP contribution in [0.3, 0.4) is 0 Å². The van der Waals surface area contributed by atoms with Crippen LogP contribution in [0.15, 0.2) is 29.2 Å². The summed E-state index contributed by atoms with van der Waals surface area (Å²) < 4.78 is 24.6. The maximum Gasteiger partial charge on any atom is 0.317 e. The highest BCUT2D eigenvalue weighted by Crippen LogP contribution is 2.16. The third kappa shape index (κ3) is 7.10. The van der Waals surface area contributed by atoms with E-state index in [1.54, 1.807) is 17.0 Å². The minimum Gasteiger partial charge on any atom is -0.480 e. The molecule has 0 radical (unpaired) electrons. The molecule has 1 aromatic rings. The number of carbonyl (C=O) groups is 2. The third-order valence-electron chi connectivity index (χ3n) is 3.32. The van der Waals surface area contributed by atoms with Crippen molar-refractivity contribution >= 4 is 27.4 Å². The van der Waals surface area contributed by atoms with Gasteiger partial charge in [0, 0.05) is 12.6 Å². The van der Waals surface area contributed by atoms with Crippen molar-refractivity contribution < 1.29 is 23.1 Å². The van der Waals surface area contributed by atoms with Crippen LogP contribution in [0.5, 0.6) is 0 Å². The predicted octanol–water partition coefficient (Wildman–Crippen LogP) is 1.61. The zero-order valence-electron chi connectivity index (χ0n) is 14.0. The fourth-order valence-electron chi connectivity index (χ4n) is 2.32. The minimum absolute atomic E-state index is 0.0493. The first-order valence-electron chi connectivity index (χ1n) is 7.79. The molecular formula is C16H24N2O5S. The van der Waals surface area contributed by atoms with Gasteiger partial charge in [-0.1, -0.05) is 6.92 Å². The van der Waals surface area contributed by atoms with Gasteiger partial charge in [-0.3, -0.25) is 14.5 Å². The Morgan fingerprint density at radius 1 is 1.17 bits per heavy atom. The lowest BCUT2D eigenvalue weighted by atomic mass is 10.3. The number of carbonyl (C=O) groups excluding carboxylic acids is 1. The molecule has 8 heteroatoms. The Bertz CT molecular complexity index is 656. The monoisotopic (exact) mass is 356 g/mol. The van der Waals surface area contributed by atoms with E-state index in [1.165, 1.54) is 19.1 Å². The van der Waals surface area contributed by atoms with Crippen molar-refractivity contribution in [2.24, 2.45) is 0 Å². The van der Waals surface area contributed by atoms with E-state index >= 15 is 0 Å². The van der Waals surface area contributed by atoms with Crippen LogP contribution in [0.2, 0.25) is 0 Å². The number of aliphatic carboxylic acids is 1. The molecule has 7 nitrogen and oxygen atoms in total. The van der Waals surface area contributed by atoms with Gasteiger partial charge in [-0.15, -0.1) is 0 Å². The summed E-state index contributed by atoms with van der Waals surface area (Å²) in [6.45, 7) is 4.28. The highest BCUT2D eigenvalue weighted by Gasteiger charge is 2.16. The van der Waals surface area contributed by atoms with Crippen molar-refractivity contribution in [3.63, 3.8) is 0 Å². The van der Waals surface area contributed by atoms with Gasteiger partial charge >= 0.3 is 5.97 Å². The van der Waals surface area contributed by atoms with E-state index in [2.05, 4.69) is 5.32 Å². The quantitative estimate of drug-likeness (QED) is 0.660. The Morgan fingerprint density at radius 2 is 1.79 bits per heavy atom. The Kier molecular flexibility index (Phi) is 7.87. The molecule has 134 valence electrons. The minimum atomic E-state index is -3.43. The van der Waals surface area contributed by atoms with Gasteiger partial charge in [0.05, 0.1) is 17.2 Å². The number of carboxylic acids is 1. The lowest BCUT2D eigenvalue weighted by molar-refractivity contribution is -0.138. The normalized spacial score (nSPS) is 11.5. The van der Waals surface area contributed by atoms with Crippen molar-refractivity contribution in [3.05, 3.63) is 24.3 Å².